The molecule has 0 spiro atoms. The molecule has 5 heteroatoms. The van der Waals surface area contributed by atoms with Crippen LogP contribution in [0, 0.1) is 11.8 Å². The molecular formula is C14H17NO4. The molecule has 0 unspecified atom stereocenters. The molecule has 1 saturated heterocycles. The lowest BCUT2D eigenvalue weighted by atomic mass is 9.99. The quantitative estimate of drug-likeness (QED) is 0.897. The van der Waals surface area contributed by atoms with E-state index in [1.54, 1.807) is 29.2 Å². The van der Waals surface area contributed by atoms with E-state index in [4.69, 9.17) is 9.84 Å². The maximum atomic E-state index is 12.4. The van der Waals surface area contributed by atoms with Crippen LogP contribution in [0.5, 0.6) is 5.75 Å². The van der Waals surface area contributed by atoms with Crippen LogP contribution >= 0.6 is 0 Å². The molecule has 2 rings (SSSR count). The van der Waals surface area contributed by atoms with E-state index >= 15 is 0 Å². The minimum atomic E-state index is -0.845. The van der Waals surface area contributed by atoms with Crippen LogP contribution < -0.4 is 4.74 Å². The number of hydrogen-bond donors (Lipinski definition) is 1. The summed E-state index contributed by atoms with van der Waals surface area (Å²) in [4.78, 5) is 25.1. The van der Waals surface area contributed by atoms with Gasteiger partial charge in [-0.1, -0.05) is 19.1 Å². The van der Waals surface area contributed by atoms with E-state index in [0.29, 0.717) is 17.9 Å². The highest BCUT2D eigenvalue weighted by Crippen LogP contribution is 2.27. The fraction of sp³-hybridized carbons (Fsp3) is 0.429. The standard InChI is InChI=1S/C14H17NO4/c1-9-7-15(8-11(9)14(17)18)13(16)10-5-3-4-6-12(10)19-2/h3-6,9,11H,7-8H2,1-2H3,(H,17,18)/t9-,11-/m1/s1. The van der Waals surface area contributed by atoms with Crippen molar-refractivity contribution in [3.8, 4) is 5.75 Å². The molecule has 1 N–H and O–H groups in total. The zero-order valence-electron chi connectivity index (χ0n) is 11.0. The number of carboxylic acid groups (broad SMARTS) is 1. The summed E-state index contributed by atoms with van der Waals surface area (Å²) in [6.45, 7) is 2.58. The van der Waals surface area contributed by atoms with Crippen LogP contribution in [0.4, 0.5) is 0 Å². The lowest BCUT2D eigenvalue weighted by molar-refractivity contribution is -0.142. The van der Waals surface area contributed by atoms with Gasteiger partial charge < -0.3 is 14.7 Å². The van der Waals surface area contributed by atoms with Crippen LogP contribution in [0.3, 0.4) is 0 Å². The largest absolute Gasteiger partial charge is 0.496 e. The molecule has 1 aliphatic heterocycles. The maximum absolute atomic E-state index is 12.4. The molecule has 5 nitrogen and oxygen atoms in total. The Labute approximate surface area is 111 Å². The summed E-state index contributed by atoms with van der Waals surface area (Å²) >= 11 is 0. The van der Waals surface area contributed by atoms with E-state index in [-0.39, 0.29) is 18.4 Å². The minimum absolute atomic E-state index is 0.0313. The van der Waals surface area contributed by atoms with Crippen LogP contribution in [-0.2, 0) is 4.79 Å². The van der Waals surface area contributed by atoms with Gasteiger partial charge in [-0.2, -0.15) is 0 Å². The fourth-order valence-electron chi connectivity index (χ4n) is 2.45. The highest BCUT2D eigenvalue weighted by molar-refractivity contribution is 5.97. The number of carbonyl (C=O) groups is 2. The monoisotopic (exact) mass is 263 g/mol. The summed E-state index contributed by atoms with van der Waals surface area (Å²) in [5.41, 5.74) is 0.475. The lowest BCUT2D eigenvalue weighted by Crippen LogP contribution is -2.30. The molecule has 0 bridgehead atoms. The summed E-state index contributed by atoms with van der Waals surface area (Å²) in [5.74, 6) is -1.02. The van der Waals surface area contributed by atoms with Crippen LogP contribution in [0.2, 0.25) is 0 Å². The number of methoxy groups -OCH3 is 1. The van der Waals surface area contributed by atoms with Crippen LogP contribution in [-0.4, -0.2) is 42.1 Å². The number of ether oxygens (including phenoxy) is 1. The number of carboxylic acids is 1. The predicted octanol–water partition coefficient (Wildman–Crippen LogP) is 1.49. The molecule has 1 aromatic rings. The fourth-order valence-corrected chi connectivity index (χ4v) is 2.45. The van der Waals surface area contributed by atoms with Gasteiger partial charge in [0.1, 0.15) is 5.75 Å². The molecule has 1 aromatic carbocycles. The first-order valence-corrected chi connectivity index (χ1v) is 6.19. The summed E-state index contributed by atoms with van der Waals surface area (Å²) in [6, 6.07) is 6.98. The molecule has 1 heterocycles. The van der Waals surface area contributed by atoms with Crippen molar-refractivity contribution in [1.82, 2.24) is 4.90 Å². The van der Waals surface area contributed by atoms with E-state index in [1.165, 1.54) is 7.11 Å². The lowest BCUT2D eigenvalue weighted by Gasteiger charge is -2.17. The molecule has 19 heavy (non-hydrogen) atoms. The Bertz CT molecular complexity index is 500. The highest BCUT2D eigenvalue weighted by Gasteiger charge is 2.37. The second-order valence-electron chi connectivity index (χ2n) is 4.83. The SMILES string of the molecule is COc1ccccc1C(=O)N1C[C@@H](C)[C@H](C(=O)O)C1. The smallest absolute Gasteiger partial charge is 0.308 e. The maximum Gasteiger partial charge on any atom is 0.308 e. The average molecular weight is 263 g/mol. The molecular weight excluding hydrogens is 246 g/mol. The van der Waals surface area contributed by atoms with Gasteiger partial charge in [0, 0.05) is 13.1 Å². The van der Waals surface area contributed by atoms with Crippen molar-refractivity contribution in [3.63, 3.8) is 0 Å². The zero-order chi connectivity index (χ0) is 14.0. The normalized spacial score (nSPS) is 22.3. The molecule has 1 amide bonds. The summed E-state index contributed by atoms with van der Waals surface area (Å²) in [6.07, 6.45) is 0. The number of nitrogens with zero attached hydrogens (tertiary/aromatic N) is 1. The predicted molar refractivity (Wildman–Crippen MR) is 69.2 cm³/mol. The van der Waals surface area contributed by atoms with E-state index in [1.807, 2.05) is 6.92 Å². The number of carbonyl (C=O) groups excluding carboxylic acids is 1. The third-order valence-corrected chi connectivity index (χ3v) is 3.55. The van der Waals surface area contributed by atoms with Crippen LogP contribution in [0.15, 0.2) is 24.3 Å². The number of para-hydroxylation sites is 1. The van der Waals surface area contributed by atoms with Crippen LogP contribution in [0.1, 0.15) is 17.3 Å². The Kier molecular flexibility index (Phi) is 3.74. The first-order valence-electron chi connectivity index (χ1n) is 6.19. The van der Waals surface area contributed by atoms with Crippen molar-refractivity contribution < 1.29 is 19.4 Å². The van der Waals surface area contributed by atoms with Crippen molar-refractivity contribution in [1.29, 1.82) is 0 Å². The summed E-state index contributed by atoms with van der Waals surface area (Å²) in [5, 5.41) is 9.09. The van der Waals surface area contributed by atoms with E-state index in [9.17, 15) is 9.59 Å². The number of rotatable bonds is 3. The van der Waals surface area contributed by atoms with Crippen molar-refractivity contribution in [2.75, 3.05) is 20.2 Å². The molecule has 1 fully saturated rings. The summed E-state index contributed by atoms with van der Waals surface area (Å²) < 4.78 is 5.16. The van der Waals surface area contributed by atoms with Crippen molar-refractivity contribution in [2.24, 2.45) is 11.8 Å². The second kappa shape index (κ2) is 5.30. The number of amides is 1. The third kappa shape index (κ3) is 2.54. The van der Waals surface area contributed by atoms with Gasteiger partial charge in [-0.15, -0.1) is 0 Å². The number of aliphatic carboxylic acids is 1. The van der Waals surface area contributed by atoms with Gasteiger partial charge in [-0.25, -0.2) is 0 Å². The van der Waals surface area contributed by atoms with Gasteiger partial charge in [-0.05, 0) is 18.1 Å². The molecule has 102 valence electrons. The molecule has 0 radical (unpaired) electrons. The highest BCUT2D eigenvalue weighted by atomic mass is 16.5. The van der Waals surface area contributed by atoms with Crippen molar-refractivity contribution in [3.05, 3.63) is 29.8 Å². The molecule has 1 aliphatic rings. The number of benzene rings is 1. The van der Waals surface area contributed by atoms with Crippen molar-refractivity contribution in [2.45, 2.75) is 6.92 Å². The van der Waals surface area contributed by atoms with Crippen molar-refractivity contribution >= 4 is 11.9 Å². The third-order valence-electron chi connectivity index (χ3n) is 3.55. The van der Waals surface area contributed by atoms with Gasteiger partial charge in [0.05, 0.1) is 18.6 Å². The Morgan fingerprint density at radius 3 is 2.58 bits per heavy atom. The first kappa shape index (κ1) is 13.4. The van der Waals surface area contributed by atoms with Gasteiger partial charge in [0.15, 0.2) is 0 Å². The molecule has 0 saturated carbocycles. The minimum Gasteiger partial charge on any atom is -0.496 e. The van der Waals surface area contributed by atoms with Crippen LogP contribution in [0.25, 0.3) is 0 Å². The van der Waals surface area contributed by atoms with Gasteiger partial charge in [0.2, 0.25) is 0 Å². The van der Waals surface area contributed by atoms with Gasteiger partial charge in [-0.3, -0.25) is 9.59 Å². The second-order valence-corrected chi connectivity index (χ2v) is 4.83. The Balaban J connectivity index is 2.19. The topological polar surface area (TPSA) is 66.8 Å². The zero-order valence-corrected chi connectivity index (χ0v) is 11.0. The summed E-state index contributed by atoms with van der Waals surface area (Å²) in [7, 11) is 1.51. The molecule has 0 aliphatic carbocycles. The van der Waals surface area contributed by atoms with Gasteiger partial charge in [0.25, 0.3) is 5.91 Å². The van der Waals surface area contributed by atoms with E-state index < -0.39 is 11.9 Å². The van der Waals surface area contributed by atoms with E-state index in [2.05, 4.69) is 0 Å². The molecule has 0 aromatic heterocycles. The number of likely N-dealkylation sites (tertiary alicyclic amines) is 1. The first-order chi connectivity index (χ1) is 9.04. The Hall–Kier alpha value is -2.04. The Morgan fingerprint density at radius 2 is 2.00 bits per heavy atom. The van der Waals surface area contributed by atoms with E-state index in [0.717, 1.165) is 0 Å². The van der Waals surface area contributed by atoms with Gasteiger partial charge >= 0.3 is 5.97 Å². The average Bonchev–Trinajstić information content (AvgIpc) is 2.80. The molecule has 2 atom stereocenters. The Morgan fingerprint density at radius 1 is 1.32 bits per heavy atom. The number of hydrogen-bond acceptors (Lipinski definition) is 3.